The molecule has 5 fully saturated rings. The number of hydrogen-bond acceptors (Lipinski definition) is 18. The van der Waals surface area contributed by atoms with Crippen LogP contribution >= 0.6 is 118 Å². The highest BCUT2D eigenvalue weighted by molar-refractivity contribution is 9.24. The number of rotatable bonds is 13. The van der Waals surface area contributed by atoms with Gasteiger partial charge in [0.15, 0.2) is 11.3 Å². The largest absolute Gasteiger partial charge is 0.444 e. The van der Waals surface area contributed by atoms with Crippen molar-refractivity contribution in [2.45, 2.75) is 157 Å². The van der Waals surface area contributed by atoms with Gasteiger partial charge in [-0.1, -0.05) is 38.6 Å². The van der Waals surface area contributed by atoms with Crippen LogP contribution in [0, 0.1) is 27.7 Å². The number of aryl methyl sites for hydroxylation is 4. The number of piperidine rings is 2. The van der Waals surface area contributed by atoms with E-state index in [0.29, 0.717) is 13.1 Å². The van der Waals surface area contributed by atoms with E-state index in [0.717, 1.165) is 158 Å². The monoisotopic (exact) mass is 1600 g/mol. The number of carbonyl (C=O) groups is 2. The van der Waals surface area contributed by atoms with E-state index in [4.69, 9.17) is 45.3 Å². The fraction of sp³-hybridized carbons (Fsp3) is 0.516. The number of alkyl carbamates (subject to hydrolysis) is 2. The first kappa shape index (κ1) is 81.6. The number of fused-ring (bicyclic) bond motifs is 4. The Morgan fingerprint density at radius 2 is 1.03 bits per heavy atom. The highest BCUT2D eigenvalue weighted by Crippen LogP contribution is 3.18. The number of aromatic nitrogens is 10. The summed E-state index contributed by atoms with van der Waals surface area (Å²) in [6.45, 7) is 27.1. The predicted molar refractivity (Wildman–Crippen MR) is 448 cm³/mol. The summed E-state index contributed by atoms with van der Waals surface area (Å²) in [5, 5.41) is 20.9. The third kappa shape index (κ3) is 21.1. The van der Waals surface area contributed by atoms with Crippen LogP contribution in [0.4, 0.5) is 32.9 Å². The summed E-state index contributed by atoms with van der Waals surface area (Å²) in [6.07, 6.45) is 13.4. The maximum Gasteiger partial charge on any atom is 0.407 e. The molecule has 534 valence electrons. The Bertz CT molecular complexity index is 4000. The van der Waals surface area contributed by atoms with Gasteiger partial charge in [-0.2, -0.15) is 10.2 Å². The van der Waals surface area contributed by atoms with Crippen LogP contribution in [-0.2, 0) is 9.47 Å². The van der Waals surface area contributed by atoms with Crippen molar-refractivity contribution < 1.29 is 19.1 Å². The topological polar surface area (TPSA) is 240 Å². The van der Waals surface area contributed by atoms with Crippen molar-refractivity contribution in [2.24, 2.45) is 5.73 Å². The Morgan fingerprint density at radius 1 is 0.602 bits per heavy atom. The number of carbonyl (C=O) groups excluding carboxylic acids is 2. The molecular weight excluding hydrogens is 1500 g/mol. The summed E-state index contributed by atoms with van der Waals surface area (Å²) in [5.41, 5.74) is 15.4. The van der Waals surface area contributed by atoms with Crippen molar-refractivity contribution >= 4 is 186 Å². The summed E-state index contributed by atoms with van der Waals surface area (Å²) in [7, 11) is 22.2. The number of nitrogens with one attached hydrogen (secondary N) is 3. The van der Waals surface area contributed by atoms with Gasteiger partial charge in [-0.05, 0) is 167 Å². The second-order valence-corrected chi connectivity index (χ2v) is 74.3. The molecule has 5 aliphatic heterocycles. The van der Waals surface area contributed by atoms with Crippen LogP contribution in [0.15, 0.2) is 73.6 Å². The molecule has 2 amide bonds. The van der Waals surface area contributed by atoms with Gasteiger partial charge >= 0.3 is 12.2 Å². The zero-order chi connectivity index (χ0) is 68.9. The molecule has 11 atom stereocenters. The zero-order valence-electron chi connectivity index (χ0n) is 56.9. The Hall–Kier alpha value is -2.10. The fourth-order valence-corrected chi connectivity index (χ4v) is 139. The van der Waals surface area contributed by atoms with Crippen molar-refractivity contribution in [1.29, 1.82) is 0 Å². The Labute approximate surface area is 607 Å². The second kappa shape index (κ2) is 36.3. The molecule has 11 heterocycles. The van der Waals surface area contributed by atoms with Gasteiger partial charge < -0.3 is 50.8 Å². The lowest BCUT2D eigenvalue weighted by atomic mass is 9.98. The Morgan fingerprint density at radius 3 is 1.40 bits per heavy atom. The van der Waals surface area contributed by atoms with Gasteiger partial charge in [-0.3, -0.25) is 0 Å². The molecule has 98 heavy (non-hydrogen) atoms. The van der Waals surface area contributed by atoms with Crippen molar-refractivity contribution in [1.82, 2.24) is 65.1 Å². The van der Waals surface area contributed by atoms with Gasteiger partial charge in [-0.15, -0.1) is 74.9 Å². The molecular formula is C62H100ClN18O4P13. The molecule has 5 N–H and O–H groups in total. The van der Waals surface area contributed by atoms with E-state index in [9.17, 15) is 9.59 Å². The molecule has 2 aromatic carbocycles. The normalized spacial score (nSPS) is 18.1. The van der Waals surface area contributed by atoms with Crippen molar-refractivity contribution in [3.8, 4) is 0 Å². The van der Waals surface area contributed by atoms with E-state index in [1.165, 1.54) is 17.5 Å². The predicted octanol–water partition coefficient (Wildman–Crippen LogP) is 16.6. The fourth-order valence-electron chi connectivity index (χ4n) is 12.1. The number of amides is 2. The van der Waals surface area contributed by atoms with Gasteiger partial charge in [0.25, 0.3) is 0 Å². The lowest BCUT2D eigenvalue weighted by molar-refractivity contribution is 0.0479. The lowest BCUT2D eigenvalue weighted by Gasteiger charge is -2.41. The van der Waals surface area contributed by atoms with Gasteiger partial charge in [-0.25, -0.2) is 48.5 Å². The summed E-state index contributed by atoms with van der Waals surface area (Å²) in [6, 6.07) is 17.8. The van der Waals surface area contributed by atoms with E-state index < -0.39 is 11.2 Å². The number of anilines is 4. The van der Waals surface area contributed by atoms with Crippen molar-refractivity contribution in [3.63, 3.8) is 0 Å². The molecule has 0 bridgehead atoms. The van der Waals surface area contributed by atoms with Crippen molar-refractivity contribution in [3.05, 3.63) is 107 Å². The minimum absolute atomic E-state index is 0. The first-order valence-corrected chi connectivity index (χ1v) is 55.1. The van der Waals surface area contributed by atoms with Crippen LogP contribution in [0.5, 0.6) is 0 Å². The lowest BCUT2D eigenvalue weighted by Crippen LogP contribution is -2.60. The van der Waals surface area contributed by atoms with E-state index in [1.807, 2.05) is 56.8 Å². The standard InChI is InChI=1S/C29H36N8O2.C24H28N8.C8H16N2O2.CH4.ClH.H15P13/c1-18-9-10-22-21(12-18)27(31-17-30-22)36-11-7-6-8-24(36)23-13-25-33-26(19(2)14-37(25)34-23)35-15-20(16-35)32-28(38)39-29(3,4)5;1-15-6-7-19-18(9-15)24(27-14-26-19)31-8-4-3-5-21(31)20-10-22-28-23(30-12-17(25)13-30)16(2)11-32(22)29-20;1-8(2,3)12-7(11)10-6-4-9-5-6;;;1-8-12(9(2)3)13(10(4)5)11(6)7/h9-10,12-14,17,20,24H,6-8,11,15-16H2,1-5H3,(H,32,38);6-7,9-11,14,17,21H,3-5,8,12-13,25H2,1-2H3;6,9H,4-5H2,1-3H3,(H,10,11);1H4;1H;8H,1-7H2. The number of nitrogens with two attached hydrogens (primary N) is 1. The van der Waals surface area contributed by atoms with Gasteiger partial charge in [0.1, 0.15) is 47.1 Å². The molecule has 11 unspecified atom stereocenters. The van der Waals surface area contributed by atoms with Crippen molar-refractivity contribution in [2.75, 3.05) is 72.0 Å². The van der Waals surface area contributed by atoms with Crippen LogP contribution in [0.1, 0.15) is 133 Å². The molecule has 0 spiro atoms. The van der Waals surface area contributed by atoms with E-state index in [2.05, 4.69) is 190 Å². The van der Waals surface area contributed by atoms with Crippen LogP contribution in [0.3, 0.4) is 0 Å². The van der Waals surface area contributed by atoms with E-state index in [1.54, 1.807) is 12.7 Å². The minimum Gasteiger partial charge on any atom is -0.444 e. The van der Waals surface area contributed by atoms with E-state index >= 15 is 0 Å². The highest BCUT2D eigenvalue weighted by atomic mass is 35.5. The molecule has 5 saturated heterocycles. The molecule has 0 radical (unpaired) electrons. The number of benzene rings is 2. The summed E-state index contributed by atoms with van der Waals surface area (Å²) in [4.78, 5) is 60.8. The van der Waals surface area contributed by atoms with Crippen LogP contribution in [-0.4, -0.2) is 143 Å². The van der Waals surface area contributed by atoms with Crippen LogP contribution in [0.2, 0.25) is 0 Å². The zero-order valence-corrected chi connectivity index (χ0v) is 71.2. The average molecular weight is 1600 g/mol. The Balaban J connectivity index is 0.000000185. The van der Waals surface area contributed by atoms with Crippen LogP contribution < -0.4 is 41.3 Å². The minimum atomic E-state index is -0.510. The third-order valence-corrected chi connectivity index (χ3v) is 89.9. The first-order valence-electron chi connectivity index (χ1n) is 32.2. The molecule has 5 aliphatic rings. The van der Waals surface area contributed by atoms with E-state index in [-0.39, 0.29) is 97.2 Å². The molecule has 8 aromatic rings. The highest BCUT2D eigenvalue weighted by Gasteiger charge is 2.35. The van der Waals surface area contributed by atoms with Gasteiger partial charge in [0, 0.05) is 105 Å². The maximum absolute atomic E-state index is 12.1. The number of hydrogen-bond donors (Lipinski definition) is 4. The maximum atomic E-state index is 12.1. The quantitative estimate of drug-likeness (QED) is 0.0785. The number of halogens is 1. The SMILES string of the molecule is C.CC(C)(C)OC(=O)NC1CNC1.Cc1ccc2ncnc(N3CCCCC3c3cc4nc(N5CC(N)C5)c(C)cn4n3)c2c1.Cc1ccc2ncnc(N3CCCCC3c3cc4nc(N5CC(NC(=O)OC(C)(C)C)C5)c(C)cn4n3)c2c1.Cl.PPP(P(P)P)P(P(P)P)P(P)P. The van der Waals surface area contributed by atoms with Crippen LogP contribution in [0.25, 0.3) is 33.1 Å². The summed E-state index contributed by atoms with van der Waals surface area (Å²) < 4.78 is 14.3. The third-order valence-electron chi connectivity index (χ3n) is 16.6. The molecule has 22 nitrogen and oxygen atoms in total. The first-order chi connectivity index (χ1) is 45.6. The molecule has 36 heteroatoms. The van der Waals surface area contributed by atoms with Gasteiger partial charge in [0.05, 0.1) is 46.6 Å². The summed E-state index contributed by atoms with van der Waals surface area (Å²) >= 11 is 0. The molecule has 0 saturated carbocycles. The van der Waals surface area contributed by atoms with Gasteiger partial charge in [0.2, 0.25) is 0 Å². The average Bonchev–Trinajstić information content (AvgIpc) is 1.48. The second-order valence-electron chi connectivity index (χ2n) is 26.8. The molecule has 0 aliphatic carbocycles. The molecule has 6 aromatic heterocycles. The Kier molecular flexibility index (Phi) is 30.2. The number of ether oxygens (including phenoxy) is 2. The number of nitrogens with zero attached hydrogens (tertiary/aromatic N) is 14. The smallest absolute Gasteiger partial charge is 0.407 e. The summed E-state index contributed by atoms with van der Waals surface area (Å²) in [5.74, 6) is 3.91. The molecule has 13 rings (SSSR count).